The van der Waals surface area contributed by atoms with Gasteiger partial charge in [-0.2, -0.15) is 5.26 Å². The average Bonchev–Trinajstić information content (AvgIpc) is 2.39. The van der Waals surface area contributed by atoms with Gasteiger partial charge >= 0.3 is 0 Å². The first-order valence-electron chi connectivity index (χ1n) is 5.40. The van der Waals surface area contributed by atoms with Crippen LogP contribution < -0.4 is 4.74 Å². The van der Waals surface area contributed by atoms with Crippen molar-refractivity contribution in [3.8, 4) is 22.9 Å². The summed E-state index contributed by atoms with van der Waals surface area (Å²) in [6.07, 6.45) is 0. The molecular formula is C15H13NO. The van der Waals surface area contributed by atoms with E-state index in [4.69, 9.17) is 10.00 Å². The first-order chi connectivity index (χ1) is 8.24. The second kappa shape index (κ2) is 4.71. The van der Waals surface area contributed by atoms with Crippen molar-refractivity contribution in [3.63, 3.8) is 0 Å². The van der Waals surface area contributed by atoms with Gasteiger partial charge in [-0.15, -0.1) is 0 Å². The van der Waals surface area contributed by atoms with E-state index in [1.165, 1.54) is 5.56 Å². The maximum absolute atomic E-state index is 8.93. The highest BCUT2D eigenvalue weighted by Crippen LogP contribution is 2.30. The van der Waals surface area contributed by atoms with Crippen molar-refractivity contribution < 1.29 is 4.74 Å². The highest BCUT2D eigenvalue weighted by atomic mass is 16.5. The van der Waals surface area contributed by atoms with Gasteiger partial charge in [0.25, 0.3) is 0 Å². The Labute approximate surface area is 101 Å². The largest absolute Gasteiger partial charge is 0.496 e. The molecule has 0 aromatic heterocycles. The van der Waals surface area contributed by atoms with Gasteiger partial charge in [0.1, 0.15) is 5.75 Å². The quantitative estimate of drug-likeness (QED) is 0.780. The minimum Gasteiger partial charge on any atom is -0.496 e. The van der Waals surface area contributed by atoms with E-state index in [-0.39, 0.29) is 0 Å². The van der Waals surface area contributed by atoms with Gasteiger partial charge in [0.2, 0.25) is 0 Å². The van der Waals surface area contributed by atoms with Gasteiger partial charge in [-0.25, -0.2) is 0 Å². The molecule has 0 aliphatic rings. The highest BCUT2D eigenvalue weighted by Gasteiger charge is 2.06. The Balaban J connectivity index is 2.56. The van der Waals surface area contributed by atoms with E-state index in [2.05, 4.69) is 6.07 Å². The lowest BCUT2D eigenvalue weighted by atomic mass is 10.0. The minimum atomic E-state index is 0.640. The Morgan fingerprint density at radius 2 is 1.76 bits per heavy atom. The molecule has 84 valence electrons. The number of nitrogens with zero attached hydrogens (tertiary/aromatic N) is 1. The summed E-state index contributed by atoms with van der Waals surface area (Å²) in [6.45, 7) is 2.05. The Hall–Kier alpha value is -2.27. The van der Waals surface area contributed by atoms with Crippen molar-refractivity contribution in [2.45, 2.75) is 6.92 Å². The molecule has 0 aliphatic carbocycles. The van der Waals surface area contributed by atoms with Crippen LogP contribution >= 0.6 is 0 Å². The zero-order valence-electron chi connectivity index (χ0n) is 9.90. The van der Waals surface area contributed by atoms with Gasteiger partial charge in [-0.1, -0.05) is 29.8 Å². The van der Waals surface area contributed by atoms with Crippen molar-refractivity contribution in [2.75, 3.05) is 7.11 Å². The second-order valence-electron chi connectivity index (χ2n) is 3.89. The van der Waals surface area contributed by atoms with Crippen LogP contribution in [0.1, 0.15) is 11.1 Å². The summed E-state index contributed by atoms with van der Waals surface area (Å²) in [4.78, 5) is 0. The van der Waals surface area contributed by atoms with E-state index >= 15 is 0 Å². The number of nitriles is 1. The van der Waals surface area contributed by atoms with Gasteiger partial charge in [-0.3, -0.25) is 0 Å². The first kappa shape index (κ1) is 11.2. The Morgan fingerprint density at radius 3 is 2.35 bits per heavy atom. The third kappa shape index (κ3) is 2.29. The molecule has 0 atom stereocenters. The predicted octanol–water partition coefficient (Wildman–Crippen LogP) is 3.54. The molecule has 0 heterocycles. The fourth-order valence-corrected chi connectivity index (χ4v) is 1.74. The molecule has 0 unspecified atom stereocenters. The van der Waals surface area contributed by atoms with Crippen molar-refractivity contribution in [1.29, 1.82) is 5.26 Å². The third-order valence-electron chi connectivity index (χ3n) is 2.69. The number of methoxy groups -OCH3 is 1. The molecule has 2 aromatic carbocycles. The zero-order chi connectivity index (χ0) is 12.3. The summed E-state index contributed by atoms with van der Waals surface area (Å²) >= 11 is 0. The third-order valence-corrected chi connectivity index (χ3v) is 2.69. The SMILES string of the molecule is COc1ccc(C#N)cc1-c1ccc(C)cc1. The van der Waals surface area contributed by atoms with E-state index in [0.29, 0.717) is 5.56 Å². The van der Waals surface area contributed by atoms with Gasteiger partial charge in [0.15, 0.2) is 0 Å². The molecule has 0 spiro atoms. The predicted molar refractivity (Wildman–Crippen MR) is 67.9 cm³/mol. The Bertz CT molecular complexity index is 564. The van der Waals surface area contributed by atoms with Gasteiger partial charge in [0, 0.05) is 5.56 Å². The molecule has 0 radical (unpaired) electrons. The van der Waals surface area contributed by atoms with Crippen LogP contribution in [-0.2, 0) is 0 Å². The summed E-state index contributed by atoms with van der Waals surface area (Å²) in [5, 5.41) is 8.93. The van der Waals surface area contributed by atoms with Crippen LogP contribution in [0.2, 0.25) is 0 Å². The topological polar surface area (TPSA) is 33.0 Å². The average molecular weight is 223 g/mol. The molecule has 2 aromatic rings. The van der Waals surface area contributed by atoms with E-state index in [1.54, 1.807) is 13.2 Å². The molecule has 2 heteroatoms. The van der Waals surface area contributed by atoms with E-state index in [0.717, 1.165) is 16.9 Å². The molecule has 0 saturated carbocycles. The second-order valence-corrected chi connectivity index (χ2v) is 3.89. The standard InChI is InChI=1S/C15H13NO/c1-11-3-6-13(7-4-11)14-9-12(10-16)5-8-15(14)17-2/h3-9H,1-2H3. The fraction of sp³-hybridized carbons (Fsp3) is 0.133. The molecule has 0 amide bonds. The molecule has 0 N–H and O–H groups in total. The summed E-state index contributed by atoms with van der Waals surface area (Å²) in [6, 6.07) is 15.8. The number of benzene rings is 2. The number of rotatable bonds is 2. The number of aryl methyl sites for hydroxylation is 1. The number of ether oxygens (including phenoxy) is 1. The summed E-state index contributed by atoms with van der Waals surface area (Å²) in [5.74, 6) is 0.785. The maximum atomic E-state index is 8.93. The lowest BCUT2D eigenvalue weighted by Crippen LogP contribution is -1.89. The van der Waals surface area contributed by atoms with Crippen LogP contribution in [0.3, 0.4) is 0 Å². The van der Waals surface area contributed by atoms with Crippen molar-refractivity contribution >= 4 is 0 Å². The van der Waals surface area contributed by atoms with Crippen LogP contribution in [0.25, 0.3) is 11.1 Å². The smallest absolute Gasteiger partial charge is 0.126 e. The molecule has 0 aliphatic heterocycles. The summed E-state index contributed by atoms with van der Waals surface area (Å²) in [5.41, 5.74) is 3.86. The van der Waals surface area contributed by atoms with Crippen LogP contribution in [0.4, 0.5) is 0 Å². The van der Waals surface area contributed by atoms with Crippen LogP contribution in [-0.4, -0.2) is 7.11 Å². The molecule has 0 bridgehead atoms. The van der Waals surface area contributed by atoms with E-state index in [9.17, 15) is 0 Å². The highest BCUT2D eigenvalue weighted by molar-refractivity contribution is 5.72. The van der Waals surface area contributed by atoms with Crippen molar-refractivity contribution in [2.24, 2.45) is 0 Å². The van der Waals surface area contributed by atoms with Crippen LogP contribution in [0.15, 0.2) is 42.5 Å². The van der Waals surface area contributed by atoms with Gasteiger partial charge in [-0.05, 0) is 30.7 Å². The zero-order valence-corrected chi connectivity index (χ0v) is 9.90. The molecule has 2 rings (SSSR count). The lowest BCUT2D eigenvalue weighted by molar-refractivity contribution is 0.416. The van der Waals surface area contributed by atoms with E-state index < -0.39 is 0 Å². The molecule has 0 fully saturated rings. The molecule has 0 saturated heterocycles. The normalized spacial score (nSPS) is 9.71. The number of hydrogen-bond donors (Lipinski definition) is 0. The summed E-state index contributed by atoms with van der Waals surface area (Å²) in [7, 11) is 1.64. The monoisotopic (exact) mass is 223 g/mol. The lowest BCUT2D eigenvalue weighted by Gasteiger charge is -2.09. The van der Waals surface area contributed by atoms with Gasteiger partial charge in [0.05, 0.1) is 18.7 Å². The van der Waals surface area contributed by atoms with Crippen molar-refractivity contribution in [1.82, 2.24) is 0 Å². The minimum absolute atomic E-state index is 0.640. The molecular weight excluding hydrogens is 210 g/mol. The Morgan fingerprint density at radius 1 is 1.06 bits per heavy atom. The van der Waals surface area contributed by atoms with Crippen LogP contribution in [0.5, 0.6) is 5.75 Å². The van der Waals surface area contributed by atoms with E-state index in [1.807, 2.05) is 43.3 Å². The van der Waals surface area contributed by atoms with Gasteiger partial charge < -0.3 is 4.74 Å². The van der Waals surface area contributed by atoms with Crippen molar-refractivity contribution in [3.05, 3.63) is 53.6 Å². The van der Waals surface area contributed by atoms with Crippen LogP contribution in [0, 0.1) is 18.3 Å². The molecule has 2 nitrogen and oxygen atoms in total. The maximum Gasteiger partial charge on any atom is 0.126 e. The number of hydrogen-bond acceptors (Lipinski definition) is 2. The fourth-order valence-electron chi connectivity index (χ4n) is 1.74. The summed E-state index contributed by atoms with van der Waals surface area (Å²) < 4.78 is 5.32. The Kier molecular flexibility index (Phi) is 3.11. The molecule has 17 heavy (non-hydrogen) atoms. The first-order valence-corrected chi connectivity index (χ1v) is 5.40.